The Morgan fingerprint density at radius 2 is 2.00 bits per heavy atom. The largest absolute Gasteiger partial charge is 0.384 e. The Morgan fingerprint density at radius 1 is 1.28 bits per heavy atom. The Kier molecular flexibility index (Phi) is 3.11. The summed E-state index contributed by atoms with van der Waals surface area (Å²) in [6.07, 6.45) is 0. The van der Waals surface area contributed by atoms with Crippen molar-refractivity contribution in [3.63, 3.8) is 0 Å². The van der Waals surface area contributed by atoms with E-state index in [1.165, 1.54) is 0 Å². The van der Waals surface area contributed by atoms with Crippen LogP contribution < -0.4 is 10.6 Å². The molecule has 0 unspecified atom stereocenters. The van der Waals surface area contributed by atoms with Gasteiger partial charge in [0.15, 0.2) is 0 Å². The van der Waals surface area contributed by atoms with E-state index >= 15 is 0 Å². The number of rotatable bonds is 2. The van der Waals surface area contributed by atoms with Gasteiger partial charge in [0.05, 0.1) is 11.3 Å². The number of hydrogen-bond acceptors (Lipinski definition) is 5. The molecule has 2 N–H and O–H groups in total. The topological polar surface area (TPSA) is 78.8 Å². The van der Waals surface area contributed by atoms with Crippen LogP contribution in [0, 0.1) is 18.3 Å². The molecular weight excluding hydrogens is 226 g/mol. The Balaban J connectivity index is 2.48. The molecule has 0 saturated heterocycles. The second kappa shape index (κ2) is 4.72. The minimum atomic E-state index is 0.416. The highest BCUT2D eigenvalue weighted by atomic mass is 15.2. The van der Waals surface area contributed by atoms with Gasteiger partial charge in [0.1, 0.15) is 23.5 Å². The molecule has 90 valence electrons. The third-order valence-electron chi connectivity index (χ3n) is 2.57. The maximum Gasteiger partial charge on any atom is 0.138 e. The number of nitrogens with zero attached hydrogens (tertiary/aromatic N) is 4. The van der Waals surface area contributed by atoms with Gasteiger partial charge >= 0.3 is 0 Å². The van der Waals surface area contributed by atoms with Crippen LogP contribution in [0.2, 0.25) is 0 Å². The van der Waals surface area contributed by atoms with Crippen molar-refractivity contribution in [3.8, 4) is 6.07 Å². The maximum absolute atomic E-state index is 9.09. The molecule has 0 bridgehead atoms. The molecule has 0 aliphatic rings. The third kappa shape index (κ3) is 2.23. The highest BCUT2D eigenvalue weighted by Crippen LogP contribution is 2.25. The zero-order valence-corrected chi connectivity index (χ0v) is 10.3. The summed E-state index contributed by atoms with van der Waals surface area (Å²) in [6.45, 7) is 1.78. The van der Waals surface area contributed by atoms with E-state index in [9.17, 15) is 0 Å². The predicted octanol–water partition coefficient (Wildman–Crippen LogP) is 2.01. The number of nitrogen functional groups attached to an aromatic ring is 1. The van der Waals surface area contributed by atoms with Gasteiger partial charge in [-0.2, -0.15) is 5.26 Å². The van der Waals surface area contributed by atoms with Crippen molar-refractivity contribution >= 4 is 17.3 Å². The van der Waals surface area contributed by atoms with Crippen molar-refractivity contribution in [3.05, 3.63) is 41.7 Å². The first kappa shape index (κ1) is 11.9. The van der Waals surface area contributed by atoms with Crippen molar-refractivity contribution in [2.24, 2.45) is 0 Å². The van der Waals surface area contributed by atoms with Crippen LogP contribution in [-0.4, -0.2) is 17.0 Å². The lowest BCUT2D eigenvalue weighted by Crippen LogP contribution is -2.14. The molecule has 5 nitrogen and oxygen atoms in total. The van der Waals surface area contributed by atoms with Gasteiger partial charge in [-0.05, 0) is 19.1 Å². The quantitative estimate of drug-likeness (QED) is 0.867. The molecule has 0 atom stereocenters. The van der Waals surface area contributed by atoms with E-state index in [0.717, 1.165) is 5.69 Å². The molecule has 0 spiro atoms. The van der Waals surface area contributed by atoms with Crippen LogP contribution in [0.15, 0.2) is 30.3 Å². The summed E-state index contributed by atoms with van der Waals surface area (Å²) in [5.41, 5.74) is 7.08. The van der Waals surface area contributed by atoms with E-state index in [1.54, 1.807) is 19.1 Å². The van der Waals surface area contributed by atoms with Gasteiger partial charge in [0.25, 0.3) is 0 Å². The first-order valence-electron chi connectivity index (χ1n) is 5.46. The number of nitrogens with two attached hydrogens (primary N) is 1. The minimum absolute atomic E-state index is 0.416. The first-order chi connectivity index (χ1) is 8.61. The standard InChI is InChI=1S/C13H13N5/c1-9-16-12(15)7-13(17-9)18(2)11-6-4-3-5-10(11)8-14/h3-7H,1-2H3,(H2,15,16,17). The van der Waals surface area contributed by atoms with Gasteiger partial charge in [-0.15, -0.1) is 0 Å². The number of para-hydroxylation sites is 1. The van der Waals surface area contributed by atoms with E-state index in [0.29, 0.717) is 23.0 Å². The smallest absolute Gasteiger partial charge is 0.138 e. The number of aryl methyl sites for hydroxylation is 1. The van der Waals surface area contributed by atoms with Crippen LogP contribution >= 0.6 is 0 Å². The van der Waals surface area contributed by atoms with Gasteiger partial charge < -0.3 is 10.6 Å². The van der Waals surface area contributed by atoms with Gasteiger partial charge in [-0.25, -0.2) is 9.97 Å². The average molecular weight is 239 g/mol. The number of hydrogen-bond donors (Lipinski definition) is 1. The lowest BCUT2D eigenvalue weighted by Gasteiger charge is -2.19. The van der Waals surface area contributed by atoms with Crippen LogP contribution in [-0.2, 0) is 0 Å². The zero-order valence-electron chi connectivity index (χ0n) is 10.3. The second-order valence-corrected chi connectivity index (χ2v) is 3.89. The highest BCUT2D eigenvalue weighted by molar-refractivity contribution is 5.67. The molecule has 2 rings (SSSR count). The summed E-state index contributed by atoms with van der Waals surface area (Å²) in [5, 5.41) is 9.09. The van der Waals surface area contributed by atoms with E-state index < -0.39 is 0 Å². The molecule has 0 radical (unpaired) electrons. The van der Waals surface area contributed by atoms with Crippen LogP contribution in [0.1, 0.15) is 11.4 Å². The number of aromatic nitrogens is 2. The molecule has 0 saturated carbocycles. The van der Waals surface area contributed by atoms with Crippen molar-refractivity contribution in [2.45, 2.75) is 6.92 Å². The van der Waals surface area contributed by atoms with Gasteiger partial charge in [0.2, 0.25) is 0 Å². The van der Waals surface area contributed by atoms with Gasteiger partial charge in [0, 0.05) is 13.1 Å². The lowest BCUT2D eigenvalue weighted by atomic mass is 10.2. The molecule has 0 aliphatic carbocycles. The van der Waals surface area contributed by atoms with E-state index in [-0.39, 0.29) is 0 Å². The summed E-state index contributed by atoms with van der Waals surface area (Å²) < 4.78 is 0. The van der Waals surface area contributed by atoms with Crippen LogP contribution in [0.3, 0.4) is 0 Å². The van der Waals surface area contributed by atoms with Gasteiger partial charge in [-0.3, -0.25) is 0 Å². The fourth-order valence-corrected chi connectivity index (χ4v) is 1.73. The molecule has 0 aliphatic heterocycles. The number of anilines is 3. The molecule has 0 fully saturated rings. The predicted molar refractivity (Wildman–Crippen MR) is 70.4 cm³/mol. The number of nitriles is 1. The van der Waals surface area contributed by atoms with Crippen molar-refractivity contribution in [1.82, 2.24) is 9.97 Å². The Labute approximate surface area is 106 Å². The molecule has 18 heavy (non-hydrogen) atoms. The zero-order chi connectivity index (χ0) is 13.1. The molecule has 1 aromatic carbocycles. The van der Waals surface area contributed by atoms with E-state index in [2.05, 4.69) is 16.0 Å². The minimum Gasteiger partial charge on any atom is -0.384 e. The Hall–Kier alpha value is -2.61. The summed E-state index contributed by atoms with van der Waals surface area (Å²) in [6, 6.07) is 11.2. The van der Waals surface area contributed by atoms with E-state index in [1.807, 2.05) is 30.1 Å². The molecule has 5 heteroatoms. The lowest BCUT2D eigenvalue weighted by molar-refractivity contribution is 1.02. The summed E-state index contributed by atoms with van der Waals surface area (Å²) in [4.78, 5) is 10.2. The Bertz CT molecular complexity index is 595. The normalized spacial score (nSPS) is 9.83. The molecule has 2 aromatic rings. The van der Waals surface area contributed by atoms with Crippen molar-refractivity contribution in [2.75, 3.05) is 17.7 Å². The third-order valence-corrected chi connectivity index (χ3v) is 2.57. The molecule has 0 amide bonds. The monoisotopic (exact) mass is 239 g/mol. The van der Waals surface area contributed by atoms with Crippen molar-refractivity contribution < 1.29 is 0 Å². The molecule has 1 aromatic heterocycles. The van der Waals surface area contributed by atoms with Gasteiger partial charge in [-0.1, -0.05) is 12.1 Å². The summed E-state index contributed by atoms with van der Waals surface area (Å²) in [7, 11) is 1.84. The van der Waals surface area contributed by atoms with E-state index in [4.69, 9.17) is 11.0 Å². The summed E-state index contributed by atoms with van der Waals surface area (Å²) in [5.74, 6) is 1.69. The Morgan fingerprint density at radius 3 is 2.67 bits per heavy atom. The fraction of sp³-hybridized carbons (Fsp3) is 0.154. The van der Waals surface area contributed by atoms with Crippen LogP contribution in [0.4, 0.5) is 17.3 Å². The average Bonchev–Trinajstić information content (AvgIpc) is 2.36. The van der Waals surface area contributed by atoms with Crippen molar-refractivity contribution in [1.29, 1.82) is 5.26 Å². The maximum atomic E-state index is 9.09. The van der Waals surface area contributed by atoms with Crippen LogP contribution in [0.5, 0.6) is 0 Å². The summed E-state index contributed by atoms with van der Waals surface area (Å²) >= 11 is 0. The SMILES string of the molecule is Cc1nc(N)cc(N(C)c2ccccc2C#N)n1. The first-order valence-corrected chi connectivity index (χ1v) is 5.46. The fourth-order valence-electron chi connectivity index (χ4n) is 1.73. The second-order valence-electron chi connectivity index (χ2n) is 3.89. The molecular formula is C13H13N5. The van der Waals surface area contributed by atoms with Crippen LogP contribution in [0.25, 0.3) is 0 Å². The highest BCUT2D eigenvalue weighted by Gasteiger charge is 2.10. The molecule has 1 heterocycles. The number of benzene rings is 1.